The number of nitrogens with zero attached hydrogens (tertiary/aromatic N) is 4. The first-order valence-electron chi connectivity index (χ1n) is 7.64. The number of halogens is 3. The standard InChI is InChI=1S/C15H16F3N5O2S2/c1-8-14(9(2)22(3)19-8)21-27(24,25)13-6-5-11(26-13)10-7-12(15(16,17)18)23(4)20-10/h5-7,21H,1-4H3. The van der Waals surface area contributed by atoms with E-state index in [1.807, 2.05) is 0 Å². The third-order valence-electron chi connectivity index (χ3n) is 4.01. The van der Waals surface area contributed by atoms with E-state index in [1.54, 1.807) is 25.6 Å². The highest BCUT2D eigenvalue weighted by molar-refractivity contribution is 7.94. The van der Waals surface area contributed by atoms with E-state index >= 15 is 0 Å². The first-order valence-corrected chi connectivity index (χ1v) is 9.94. The van der Waals surface area contributed by atoms with Gasteiger partial charge in [-0.1, -0.05) is 0 Å². The van der Waals surface area contributed by atoms with Gasteiger partial charge in [-0.05, 0) is 32.0 Å². The van der Waals surface area contributed by atoms with E-state index < -0.39 is 21.9 Å². The molecule has 0 unspecified atom stereocenters. The molecule has 0 aliphatic carbocycles. The molecule has 3 aromatic heterocycles. The number of thiophene rings is 1. The maximum Gasteiger partial charge on any atom is 0.433 e. The molecule has 0 saturated heterocycles. The van der Waals surface area contributed by atoms with Gasteiger partial charge in [0.2, 0.25) is 0 Å². The minimum atomic E-state index is -4.54. The minimum Gasteiger partial charge on any atom is -0.275 e. The molecule has 0 atom stereocenters. The summed E-state index contributed by atoms with van der Waals surface area (Å²) in [5, 5.41) is 7.99. The van der Waals surface area contributed by atoms with Crippen molar-refractivity contribution in [3.8, 4) is 10.6 Å². The Balaban J connectivity index is 1.93. The molecule has 0 radical (unpaired) electrons. The van der Waals surface area contributed by atoms with Crippen LogP contribution >= 0.6 is 11.3 Å². The molecule has 0 aliphatic heterocycles. The molecular formula is C15H16F3N5O2S2. The third-order valence-corrected chi connectivity index (χ3v) is 6.96. The average molecular weight is 419 g/mol. The summed E-state index contributed by atoms with van der Waals surface area (Å²) >= 11 is 0.842. The number of aryl methyl sites for hydroxylation is 3. The second-order valence-electron chi connectivity index (χ2n) is 5.93. The zero-order valence-electron chi connectivity index (χ0n) is 14.8. The molecule has 27 heavy (non-hydrogen) atoms. The summed E-state index contributed by atoms with van der Waals surface area (Å²) in [7, 11) is -1.02. The fourth-order valence-corrected chi connectivity index (χ4v) is 5.00. The monoisotopic (exact) mass is 419 g/mol. The van der Waals surface area contributed by atoms with Gasteiger partial charge < -0.3 is 0 Å². The molecule has 3 heterocycles. The van der Waals surface area contributed by atoms with Gasteiger partial charge >= 0.3 is 6.18 Å². The lowest BCUT2D eigenvalue weighted by molar-refractivity contribution is -0.143. The number of aromatic nitrogens is 4. The van der Waals surface area contributed by atoms with Crippen molar-refractivity contribution in [2.75, 3.05) is 4.72 Å². The van der Waals surface area contributed by atoms with E-state index in [0.29, 0.717) is 22.0 Å². The first kappa shape index (κ1) is 19.4. The smallest absolute Gasteiger partial charge is 0.275 e. The van der Waals surface area contributed by atoms with E-state index in [-0.39, 0.29) is 9.90 Å². The zero-order valence-corrected chi connectivity index (χ0v) is 16.4. The van der Waals surface area contributed by atoms with Crippen LogP contribution in [0, 0.1) is 13.8 Å². The van der Waals surface area contributed by atoms with Gasteiger partial charge in [-0.25, -0.2) is 8.42 Å². The Labute approximate surface area is 157 Å². The van der Waals surface area contributed by atoms with Crippen molar-refractivity contribution >= 4 is 27.0 Å². The molecule has 0 aromatic carbocycles. The fraction of sp³-hybridized carbons (Fsp3) is 0.333. The molecule has 0 aliphatic rings. The molecule has 0 fully saturated rings. The molecule has 12 heteroatoms. The van der Waals surface area contributed by atoms with Crippen LogP contribution in [-0.4, -0.2) is 28.0 Å². The summed E-state index contributed by atoms with van der Waals surface area (Å²) in [6.45, 7) is 3.40. The van der Waals surface area contributed by atoms with Crippen molar-refractivity contribution in [1.29, 1.82) is 0 Å². The van der Waals surface area contributed by atoms with Crippen molar-refractivity contribution in [1.82, 2.24) is 19.6 Å². The lowest BCUT2D eigenvalue weighted by Crippen LogP contribution is -2.12. The van der Waals surface area contributed by atoms with Crippen molar-refractivity contribution in [2.24, 2.45) is 14.1 Å². The number of hydrogen-bond donors (Lipinski definition) is 1. The van der Waals surface area contributed by atoms with Gasteiger partial charge in [0.05, 0.1) is 22.0 Å². The van der Waals surface area contributed by atoms with Gasteiger partial charge in [0, 0.05) is 14.1 Å². The quantitative estimate of drug-likeness (QED) is 0.703. The summed E-state index contributed by atoms with van der Waals surface area (Å²) in [6.07, 6.45) is -4.54. The van der Waals surface area contributed by atoms with Gasteiger partial charge in [0.25, 0.3) is 10.0 Å². The Kier molecular flexibility index (Phi) is 4.58. The van der Waals surface area contributed by atoms with Gasteiger partial charge in [-0.2, -0.15) is 23.4 Å². The minimum absolute atomic E-state index is 0.0284. The van der Waals surface area contributed by atoms with Crippen LogP contribution in [0.3, 0.4) is 0 Å². The summed E-state index contributed by atoms with van der Waals surface area (Å²) in [4.78, 5) is 0.320. The maximum absolute atomic E-state index is 12.9. The van der Waals surface area contributed by atoms with Crippen LogP contribution in [0.15, 0.2) is 22.4 Å². The SMILES string of the molecule is Cc1nn(C)c(C)c1NS(=O)(=O)c1ccc(-c2cc(C(F)(F)F)n(C)n2)s1. The molecular weight excluding hydrogens is 403 g/mol. The Morgan fingerprint density at radius 1 is 1.11 bits per heavy atom. The highest BCUT2D eigenvalue weighted by atomic mass is 32.2. The van der Waals surface area contributed by atoms with E-state index in [0.717, 1.165) is 22.1 Å². The normalized spacial score (nSPS) is 12.6. The van der Waals surface area contributed by atoms with E-state index in [1.165, 1.54) is 19.2 Å². The largest absolute Gasteiger partial charge is 0.433 e. The van der Waals surface area contributed by atoms with Crippen molar-refractivity contribution in [3.63, 3.8) is 0 Å². The van der Waals surface area contributed by atoms with Crippen LogP contribution < -0.4 is 4.72 Å². The first-order chi connectivity index (χ1) is 12.4. The Morgan fingerprint density at radius 2 is 1.78 bits per heavy atom. The molecule has 146 valence electrons. The van der Waals surface area contributed by atoms with E-state index in [9.17, 15) is 21.6 Å². The maximum atomic E-state index is 12.9. The number of rotatable bonds is 4. The predicted octanol–water partition coefficient (Wildman–Crippen LogP) is 3.32. The fourth-order valence-electron chi connectivity index (χ4n) is 2.56. The Hall–Kier alpha value is -2.34. The molecule has 3 rings (SSSR count). The van der Waals surface area contributed by atoms with Crippen LogP contribution in [0.25, 0.3) is 10.6 Å². The van der Waals surface area contributed by atoms with Gasteiger partial charge in [-0.15, -0.1) is 11.3 Å². The number of nitrogens with one attached hydrogen (secondary N) is 1. The number of sulfonamides is 1. The summed E-state index contributed by atoms with van der Waals surface area (Å²) in [5.74, 6) is 0. The second-order valence-corrected chi connectivity index (χ2v) is 8.92. The highest BCUT2D eigenvalue weighted by Crippen LogP contribution is 2.35. The van der Waals surface area contributed by atoms with Crippen LogP contribution in [-0.2, 0) is 30.3 Å². The molecule has 7 nitrogen and oxygen atoms in total. The van der Waals surface area contributed by atoms with Crippen LogP contribution in [0.4, 0.5) is 18.9 Å². The number of anilines is 1. The summed E-state index contributed by atoms with van der Waals surface area (Å²) < 4.78 is 68.8. The lowest BCUT2D eigenvalue weighted by atomic mass is 10.3. The van der Waals surface area contributed by atoms with E-state index in [4.69, 9.17) is 0 Å². The topological polar surface area (TPSA) is 81.8 Å². The summed E-state index contributed by atoms with van der Waals surface area (Å²) in [5.41, 5.74) is 0.701. The van der Waals surface area contributed by atoms with Crippen LogP contribution in [0.5, 0.6) is 0 Å². The zero-order chi connectivity index (χ0) is 20.1. The summed E-state index contributed by atoms with van der Waals surface area (Å²) in [6, 6.07) is 3.67. The van der Waals surface area contributed by atoms with Gasteiger partial charge in [0.1, 0.15) is 15.6 Å². The van der Waals surface area contributed by atoms with Crippen molar-refractivity contribution < 1.29 is 21.6 Å². The molecule has 0 spiro atoms. The predicted molar refractivity (Wildman–Crippen MR) is 95.0 cm³/mol. The second kappa shape index (κ2) is 6.37. The Morgan fingerprint density at radius 3 is 2.30 bits per heavy atom. The highest BCUT2D eigenvalue weighted by Gasteiger charge is 2.35. The number of alkyl halides is 3. The molecule has 1 N–H and O–H groups in total. The van der Waals surface area contributed by atoms with Crippen LogP contribution in [0.2, 0.25) is 0 Å². The van der Waals surface area contributed by atoms with E-state index in [2.05, 4.69) is 14.9 Å². The Bertz CT molecular complexity index is 1110. The van der Waals surface area contributed by atoms with Crippen LogP contribution in [0.1, 0.15) is 17.1 Å². The van der Waals surface area contributed by atoms with Crippen molar-refractivity contribution in [2.45, 2.75) is 24.2 Å². The average Bonchev–Trinajstić information content (AvgIpc) is 3.22. The molecule has 0 bridgehead atoms. The number of hydrogen-bond acceptors (Lipinski definition) is 5. The van der Waals surface area contributed by atoms with Gasteiger partial charge in [0.15, 0.2) is 0 Å². The molecule has 3 aromatic rings. The molecule has 0 saturated carbocycles. The van der Waals surface area contributed by atoms with Gasteiger partial charge in [-0.3, -0.25) is 14.1 Å². The van der Waals surface area contributed by atoms with Crippen molar-refractivity contribution in [3.05, 3.63) is 35.3 Å². The lowest BCUT2D eigenvalue weighted by Gasteiger charge is -2.06. The third kappa shape index (κ3) is 3.58. The molecule has 0 amide bonds.